The molecule has 7 nitrogen and oxygen atoms in total. The van der Waals surface area contributed by atoms with Crippen molar-refractivity contribution >= 4 is 33.0 Å². The van der Waals surface area contributed by atoms with Crippen LogP contribution in [0.5, 0.6) is 0 Å². The Labute approximate surface area is 148 Å². The molecule has 0 spiro atoms. The first-order valence-electron chi connectivity index (χ1n) is 7.30. The van der Waals surface area contributed by atoms with E-state index < -0.39 is 16.0 Å². The van der Waals surface area contributed by atoms with Crippen molar-refractivity contribution in [3.05, 3.63) is 54.2 Å². The van der Waals surface area contributed by atoms with Crippen molar-refractivity contribution < 1.29 is 22.5 Å². The third-order valence-corrected chi connectivity index (χ3v) is 6.15. The smallest absolute Gasteiger partial charge is 0.338 e. The zero-order valence-electron chi connectivity index (χ0n) is 13.1. The molecule has 0 aliphatic carbocycles. The van der Waals surface area contributed by atoms with Gasteiger partial charge in [0.25, 0.3) is 10.0 Å². The summed E-state index contributed by atoms with van der Waals surface area (Å²) < 4.78 is 37.5. The minimum absolute atomic E-state index is 0.147. The van der Waals surface area contributed by atoms with Crippen LogP contribution in [0.15, 0.2) is 57.4 Å². The summed E-state index contributed by atoms with van der Waals surface area (Å²) in [5.41, 5.74) is 0.705. The van der Waals surface area contributed by atoms with Gasteiger partial charge in [0.05, 0.1) is 23.2 Å². The molecular formula is C16H14N2O5S2. The summed E-state index contributed by atoms with van der Waals surface area (Å²) in [5.74, 6) is 0.0529. The van der Waals surface area contributed by atoms with E-state index in [9.17, 15) is 13.2 Å². The number of sulfonamides is 1. The second kappa shape index (κ2) is 7.08. The van der Waals surface area contributed by atoms with Crippen molar-refractivity contribution in [2.24, 2.45) is 0 Å². The molecule has 130 valence electrons. The topological polar surface area (TPSA) is 98.5 Å². The Kier molecular flexibility index (Phi) is 4.86. The number of benzene rings is 1. The molecule has 3 rings (SSSR count). The van der Waals surface area contributed by atoms with Crippen molar-refractivity contribution in [1.82, 2.24) is 5.16 Å². The number of aromatic nitrogens is 1. The fourth-order valence-electron chi connectivity index (χ4n) is 2.03. The molecule has 9 heteroatoms. The van der Waals surface area contributed by atoms with Gasteiger partial charge in [-0.05, 0) is 43.3 Å². The van der Waals surface area contributed by atoms with Gasteiger partial charge in [0.2, 0.25) is 0 Å². The SMILES string of the molecule is CCOC(=O)c1ccc(NS(=O)(=O)c2ccc(-c3ccno3)s2)cc1. The Morgan fingerprint density at radius 3 is 2.60 bits per heavy atom. The molecule has 0 aliphatic rings. The van der Waals surface area contributed by atoms with E-state index in [-0.39, 0.29) is 10.8 Å². The van der Waals surface area contributed by atoms with Gasteiger partial charge in [0, 0.05) is 11.8 Å². The lowest BCUT2D eigenvalue weighted by atomic mass is 10.2. The normalized spacial score (nSPS) is 11.2. The molecule has 0 bridgehead atoms. The van der Waals surface area contributed by atoms with Crippen molar-refractivity contribution in [1.29, 1.82) is 0 Å². The quantitative estimate of drug-likeness (QED) is 0.660. The zero-order chi connectivity index (χ0) is 17.9. The average molecular weight is 378 g/mol. The Hall–Kier alpha value is -2.65. The van der Waals surface area contributed by atoms with Gasteiger partial charge in [-0.2, -0.15) is 0 Å². The van der Waals surface area contributed by atoms with Gasteiger partial charge >= 0.3 is 5.97 Å². The molecule has 0 saturated heterocycles. The molecule has 3 aromatic rings. The minimum Gasteiger partial charge on any atom is -0.462 e. The van der Waals surface area contributed by atoms with Crippen LogP contribution in [0.1, 0.15) is 17.3 Å². The van der Waals surface area contributed by atoms with Crippen LogP contribution < -0.4 is 4.72 Å². The van der Waals surface area contributed by atoms with E-state index in [4.69, 9.17) is 9.26 Å². The van der Waals surface area contributed by atoms with E-state index in [0.717, 1.165) is 11.3 Å². The fraction of sp³-hybridized carbons (Fsp3) is 0.125. The van der Waals surface area contributed by atoms with Crippen LogP contribution in [0.2, 0.25) is 0 Å². The highest BCUT2D eigenvalue weighted by Gasteiger charge is 2.19. The molecule has 2 heterocycles. The van der Waals surface area contributed by atoms with Crippen molar-refractivity contribution in [2.45, 2.75) is 11.1 Å². The van der Waals surface area contributed by atoms with Crippen molar-refractivity contribution in [3.63, 3.8) is 0 Å². The summed E-state index contributed by atoms with van der Waals surface area (Å²) in [6.45, 7) is 1.99. The van der Waals surface area contributed by atoms with Gasteiger partial charge in [-0.15, -0.1) is 11.3 Å². The Morgan fingerprint density at radius 2 is 1.96 bits per heavy atom. The summed E-state index contributed by atoms with van der Waals surface area (Å²) in [4.78, 5) is 12.3. The third kappa shape index (κ3) is 3.89. The van der Waals surface area contributed by atoms with Crippen LogP contribution in [-0.4, -0.2) is 26.2 Å². The van der Waals surface area contributed by atoms with Crippen molar-refractivity contribution in [2.75, 3.05) is 11.3 Å². The first-order valence-corrected chi connectivity index (χ1v) is 9.60. The summed E-state index contributed by atoms with van der Waals surface area (Å²) in [7, 11) is -3.74. The van der Waals surface area contributed by atoms with E-state index in [1.807, 2.05) is 0 Å². The molecule has 1 N–H and O–H groups in total. The number of thiophene rings is 1. The van der Waals surface area contributed by atoms with Crippen LogP contribution in [0, 0.1) is 0 Å². The van der Waals surface area contributed by atoms with Crippen LogP contribution in [0.3, 0.4) is 0 Å². The number of ether oxygens (including phenoxy) is 1. The van der Waals surface area contributed by atoms with Gasteiger partial charge < -0.3 is 9.26 Å². The van der Waals surface area contributed by atoms with Gasteiger partial charge in [-0.25, -0.2) is 13.2 Å². The number of hydrogen-bond donors (Lipinski definition) is 1. The van der Waals surface area contributed by atoms with E-state index in [0.29, 0.717) is 21.9 Å². The number of hydrogen-bond acceptors (Lipinski definition) is 7. The molecule has 0 amide bonds. The standard InChI is InChI=1S/C16H14N2O5S2/c1-2-22-16(19)11-3-5-12(6-4-11)18-25(20,21)15-8-7-14(24-15)13-9-10-17-23-13/h3-10,18H,2H2,1H3. The molecular weight excluding hydrogens is 364 g/mol. The predicted octanol–water partition coefficient (Wildman–Crippen LogP) is 3.38. The number of rotatable bonds is 6. The first-order chi connectivity index (χ1) is 12.0. The number of nitrogens with one attached hydrogen (secondary N) is 1. The van der Waals surface area contributed by atoms with Crippen LogP contribution in [-0.2, 0) is 14.8 Å². The van der Waals surface area contributed by atoms with E-state index in [1.165, 1.54) is 36.5 Å². The fourth-order valence-corrected chi connectivity index (χ4v) is 4.36. The summed E-state index contributed by atoms with van der Waals surface area (Å²) in [6.07, 6.45) is 1.49. The molecule has 0 aliphatic heterocycles. The second-order valence-electron chi connectivity index (χ2n) is 4.90. The van der Waals surface area contributed by atoms with Crippen LogP contribution in [0.25, 0.3) is 10.6 Å². The molecule has 0 unspecified atom stereocenters. The summed E-state index contributed by atoms with van der Waals surface area (Å²) in [5, 5.41) is 3.60. The average Bonchev–Trinajstić information content (AvgIpc) is 3.27. The molecule has 1 aromatic carbocycles. The molecule has 0 fully saturated rings. The lowest BCUT2D eigenvalue weighted by molar-refractivity contribution is 0.0526. The van der Waals surface area contributed by atoms with E-state index >= 15 is 0 Å². The Morgan fingerprint density at radius 1 is 1.20 bits per heavy atom. The lowest BCUT2D eigenvalue weighted by Crippen LogP contribution is -2.11. The highest BCUT2D eigenvalue weighted by Crippen LogP contribution is 2.31. The predicted molar refractivity (Wildman–Crippen MR) is 93.0 cm³/mol. The van der Waals surface area contributed by atoms with E-state index in [2.05, 4.69) is 9.88 Å². The highest BCUT2D eigenvalue weighted by molar-refractivity contribution is 7.94. The number of anilines is 1. The number of carbonyl (C=O) groups is 1. The number of nitrogens with zero attached hydrogens (tertiary/aromatic N) is 1. The number of esters is 1. The molecule has 0 atom stereocenters. The molecule has 0 saturated carbocycles. The van der Waals surface area contributed by atoms with Crippen molar-refractivity contribution in [3.8, 4) is 10.6 Å². The third-order valence-electron chi connectivity index (χ3n) is 3.18. The largest absolute Gasteiger partial charge is 0.462 e. The molecule has 25 heavy (non-hydrogen) atoms. The second-order valence-corrected chi connectivity index (χ2v) is 7.89. The summed E-state index contributed by atoms with van der Waals surface area (Å²) >= 11 is 1.07. The summed E-state index contributed by atoms with van der Waals surface area (Å²) in [6, 6.07) is 10.8. The van der Waals surface area contributed by atoms with E-state index in [1.54, 1.807) is 19.1 Å². The van der Waals surface area contributed by atoms with Gasteiger partial charge in [0.15, 0.2) is 5.76 Å². The highest BCUT2D eigenvalue weighted by atomic mass is 32.2. The Balaban J connectivity index is 1.76. The van der Waals surface area contributed by atoms with Gasteiger partial charge in [0.1, 0.15) is 4.21 Å². The lowest BCUT2D eigenvalue weighted by Gasteiger charge is -2.07. The Bertz CT molecular complexity index is 960. The monoisotopic (exact) mass is 378 g/mol. The molecule has 2 aromatic heterocycles. The van der Waals surface area contributed by atoms with Gasteiger partial charge in [-0.3, -0.25) is 4.72 Å². The van der Waals surface area contributed by atoms with Crippen LogP contribution >= 0.6 is 11.3 Å². The zero-order valence-corrected chi connectivity index (χ0v) is 14.8. The number of carbonyl (C=O) groups excluding carboxylic acids is 1. The maximum Gasteiger partial charge on any atom is 0.338 e. The maximum atomic E-state index is 12.5. The van der Waals surface area contributed by atoms with Crippen LogP contribution in [0.4, 0.5) is 5.69 Å². The first kappa shape index (κ1) is 17.2. The maximum absolute atomic E-state index is 12.5. The molecule has 0 radical (unpaired) electrons. The minimum atomic E-state index is -3.74. The van der Waals surface area contributed by atoms with Gasteiger partial charge in [-0.1, -0.05) is 5.16 Å².